The number of barbiturate groups is 1. The molecule has 2 heterocycles. The summed E-state index contributed by atoms with van der Waals surface area (Å²) in [4.78, 5) is 72.0. The number of benzene rings is 2. The number of rotatable bonds is 4. The van der Waals surface area contributed by atoms with Crippen LogP contribution in [0.4, 0.5) is 21.0 Å². The molecule has 168 valence electrons. The molecule has 2 aliphatic heterocycles. The van der Waals surface area contributed by atoms with Crippen molar-refractivity contribution >= 4 is 35.3 Å². The molecule has 2 aromatic carbocycles. The molecule has 1 spiro atoms. The molecule has 2 atom stereocenters. The Kier molecular flexibility index (Phi) is 4.96. The van der Waals surface area contributed by atoms with Crippen LogP contribution in [0.15, 0.2) is 48.5 Å². The van der Waals surface area contributed by atoms with E-state index in [1.54, 1.807) is 0 Å². The molecule has 4 rings (SSSR count). The van der Waals surface area contributed by atoms with Gasteiger partial charge in [-0.1, -0.05) is 24.3 Å². The van der Waals surface area contributed by atoms with Gasteiger partial charge in [0.15, 0.2) is 5.41 Å². The van der Waals surface area contributed by atoms with E-state index in [1.807, 2.05) is 10.6 Å². The zero-order chi connectivity index (χ0) is 23.9. The summed E-state index contributed by atoms with van der Waals surface area (Å²) < 4.78 is 0. The van der Waals surface area contributed by atoms with Crippen molar-refractivity contribution in [3.8, 4) is 0 Å². The van der Waals surface area contributed by atoms with Crippen LogP contribution in [-0.2, 0) is 9.59 Å². The van der Waals surface area contributed by atoms with E-state index in [0.717, 1.165) is 12.1 Å². The standard InChI is InChI=1S/C19H14N6O8/c26-15-19(16(27)23-18(29)22-15)13(9-3-1-5-11(7-9)24(30)31)20-17(28)21-14(19)10-4-2-6-12(8-10)25(32)33/h1-8,13-14H,(H2,20,21,28)(H2,22,23,26,27,29)/t13-,14-/m1/s1. The molecule has 0 radical (unpaired) electrons. The summed E-state index contributed by atoms with van der Waals surface area (Å²) in [5.41, 5.74) is -2.93. The van der Waals surface area contributed by atoms with E-state index >= 15 is 0 Å². The predicted octanol–water partition coefficient (Wildman–Crippen LogP) is 0.951. The van der Waals surface area contributed by atoms with Crippen molar-refractivity contribution in [2.24, 2.45) is 5.41 Å². The van der Waals surface area contributed by atoms with Gasteiger partial charge in [-0.2, -0.15) is 0 Å². The molecule has 14 nitrogen and oxygen atoms in total. The van der Waals surface area contributed by atoms with Crippen LogP contribution < -0.4 is 21.3 Å². The molecule has 33 heavy (non-hydrogen) atoms. The number of nitrogens with zero attached hydrogens (tertiary/aromatic N) is 2. The summed E-state index contributed by atoms with van der Waals surface area (Å²) in [5.74, 6) is -2.20. The highest BCUT2D eigenvalue weighted by Crippen LogP contribution is 2.49. The van der Waals surface area contributed by atoms with Crippen molar-refractivity contribution in [3.63, 3.8) is 0 Å². The second-order valence-corrected chi connectivity index (χ2v) is 7.29. The fourth-order valence-corrected chi connectivity index (χ4v) is 4.10. The molecule has 6 amide bonds. The molecule has 0 saturated carbocycles. The lowest BCUT2D eigenvalue weighted by atomic mass is 9.65. The number of nitrogens with one attached hydrogen (secondary N) is 4. The average Bonchev–Trinajstić information content (AvgIpc) is 2.77. The van der Waals surface area contributed by atoms with E-state index in [-0.39, 0.29) is 22.5 Å². The third-order valence-corrected chi connectivity index (χ3v) is 5.50. The monoisotopic (exact) mass is 454 g/mol. The Morgan fingerprint density at radius 1 is 0.697 bits per heavy atom. The van der Waals surface area contributed by atoms with Crippen LogP contribution in [0.25, 0.3) is 0 Å². The van der Waals surface area contributed by atoms with Gasteiger partial charge < -0.3 is 10.6 Å². The second-order valence-electron chi connectivity index (χ2n) is 7.29. The Morgan fingerprint density at radius 2 is 1.12 bits per heavy atom. The molecule has 0 aromatic heterocycles. The van der Waals surface area contributed by atoms with E-state index < -0.39 is 51.2 Å². The molecule has 0 unspecified atom stereocenters. The van der Waals surface area contributed by atoms with Crippen LogP contribution in [0.2, 0.25) is 0 Å². The van der Waals surface area contributed by atoms with Gasteiger partial charge in [-0.05, 0) is 11.1 Å². The van der Waals surface area contributed by atoms with Crippen LogP contribution >= 0.6 is 0 Å². The minimum atomic E-state index is -2.27. The summed E-state index contributed by atoms with van der Waals surface area (Å²) >= 11 is 0. The van der Waals surface area contributed by atoms with Gasteiger partial charge in [0.25, 0.3) is 11.4 Å². The zero-order valence-electron chi connectivity index (χ0n) is 16.4. The second kappa shape index (κ2) is 7.67. The number of amides is 6. The molecule has 0 bridgehead atoms. The SMILES string of the molecule is O=C1NC(=O)C2(C(=O)N1)[C@@H](c1cccc([N+](=O)[O-])c1)NC(=O)N[C@@H]2c1cccc([N+](=O)[O-])c1. The van der Waals surface area contributed by atoms with Crippen LogP contribution in [0.3, 0.4) is 0 Å². The molecule has 2 aromatic rings. The van der Waals surface area contributed by atoms with Gasteiger partial charge in [-0.3, -0.25) is 40.5 Å². The first kappa shape index (κ1) is 21.4. The zero-order valence-corrected chi connectivity index (χ0v) is 16.4. The Labute approximate surface area is 183 Å². The molecular weight excluding hydrogens is 440 g/mol. The fourth-order valence-electron chi connectivity index (χ4n) is 4.10. The van der Waals surface area contributed by atoms with Crippen molar-refractivity contribution in [3.05, 3.63) is 79.9 Å². The van der Waals surface area contributed by atoms with Crippen molar-refractivity contribution in [2.45, 2.75) is 12.1 Å². The van der Waals surface area contributed by atoms with Gasteiger partial charge in [0.1, 0.15) is 0 Å². The average molecular weight is 454 g/mol. The van der Waals surface area contributed by atoms with Crippen molar-refractivity contribution in [1.82, 2.24) is 21.3 Å². The third kappa shape index (κ3) is 3.38. The first-order valence-electron chi connectivity index (χ1n) is 9.37. The summed E-state index contributed by atoms with van der Waals surface area (Å²) in [6.45, 7) is 0. The van der Waals surface area contributed by atoms with Crippen LogP contribution in [0.1, 0.15) is 23.2 Å². The van der Waals surface area contributed by atoms with Gasteiger partial charge >= 0.3 is 12.1 Å². The van der Waals surface area contributed by atoms with Crippen molar-refractivity contribution in [1.29, 1.82) is 0 Å². The number of nitro groups is 2. The van der Waals surface area contributed by atoms with Crippen molar-refractivity contribution in [2.75, 3.05) is 0 Å². The first-order chi connectivity index (χ1) is 15.6. The molecule has 14 heteroatoms. The van der Waals surface area contributed by atoms with E-state index in [9.17, 15) is 39.4 Å². The molecule has 2 fully saturated rings. The number of hydrogen-bond acceptors (Lipinski definition) is 8. The Bertz CT molecular complexity index is 1150. The van der Waals surface area contributed by atoms with Gasteiger partial charge in [-0.15, -0.1) is 0 Å². The van der Waals surface area contributed by atoms with E-state index in [0.29, 0.717) is 0 Å². The maximum atomic E-state index is 13.3. The highest BCUT2D eigenvalue weighted by Gasteiger charge is 2.64. The number of imide groups is 2. The van der Waals surface area contributed by atoms with Gasteiger partial charge in [0, 0.05) is 24.3 Å². The number of carbonyl (C=O) groups excluding carboxylic acids is 4. The maximum Gasteiger partial charge on any atom is 0.328 e. The van der Waals surface area contributed by atoms with Crippen LogP contribution in [-0.4, -0.2) is 33.7 Å². The molecule has 2 saturated heterocycles. The lowest BCUT2D eigenvalue weighted by Crippen LogP contribution is -2.73. The van der Waals surface area contributed by atoms with E-state index in [2.05, 4.69) is 10.6 Å². The minimum Gasteiger partial charge on any atom is -0.330 e. The summed E-state index contributed by atoms with van der Waals surface area (Å²) in [6.07, 6.45) is 0. The topological polar surface area (TPSA) is 203 Å². The highest BCUT2D eigenvalue weighted by atomic mass is 16.6. The molecule has 2 aliphatic rings. The van der Waals surface area contributed by atoms with E-state index in [1.165, 1.54) is 36.4 Å². The normalized spacial score (nSPS) is 21.5. The highest BCUT2D eigenvalue weighted by molar-refractivity contribution is 6.21. The lowest BCUT2D eigenvalue weighted by Gasteiger charge is -2.48. The number of carbonyl (C=O) groups is 4. The fraction of sp³-hybridized carbons (Fsp3) is 0.158. The predicted molar refractivity (Wildman–Crippen MR) is 107 cm³/mol. The van der Waals surface area contributed by atoms with Gasteiger partial charge in [0.2, 0.25) is 11.8 Å². The van der Waals surface area contributed by atoms with Crippen molar-refractivity contribution < 1.29 is 29.0 Å². The summed E-state index contributed by atoms with van der Waals surface area (Å²) in [7, 11) is 0. The quantitative estimate of drug-likeness (QED) is 0.297. The van der Waals surface area contributed by atoms with Crippen LogP contribution in [0.5, 0.6) is 0 Å². The minimum absolute atomic E-state index is 0.0362. The van der Waals surface area contributed by atoms with Crippen LogP contribution in [0, 0.1) is 25.6 Å². The largest absolute Gasteiger partial charge is 0.330 e. The maximum absolute atomic E-state index is 13.3. The van der Waals surface area contributed by atoms with Gasteiger partial charge in [-0.25, -0.2) is 9.59 Å². The molecule has 4 N–H and O–H groups in total. The Hall–Kier alpha value is -4.88. The smallest absolute Gasteiger partial charge is 0.328 e. The molecule has 0 aliphatic carbocycles. The summed E-state index contributed by atoms with van der Waals surface area (Å²) in [5, 5.41) is 31.4. The van der Waals surface area contributed by atoms with E-state index in [4.69, 9.17) is 0 Å². The number of hydrogen-bond donors (Lipinski definition) is 4. The Morgan fingerprint density at radius 3 is 1.52 bits per heavy atom. The number of non-ortho nitro benzene ring substituents is 2. The first-order valence-corrected chi connectivity index (χ1v) is 9.37. The third-order valence-electron chi connectivity index (χ3n) is 5.50. The van der Waals surface area contributed by atoms with Gasteiger partial charge in [0.05, 0.1) is 21.9 Å². The molecular formula is C19H14N6O8. The lowest BCUT2D eigenvalue weighted by molar-refractivity contribution is -0.385. The Balaban J connectivity index is 1.96. The summed E-state index contributed by atoms with van der Waals surface area (Å²) in [6, 6.07) is 5.01. The number of urea groups is 2. The number of nitro benzene ring substituents is 2.